The van der Waals surface area contributed by atoms with Gasteiger partial charge in [-0.05, 0) is 151 Å². The molecule has 0 heterocycles. The Kier molecular flexibility index (Phi) is 14.1. The lowest BCUT2D eigenvalue weighted by Gasteiger charge is -2.58. The van der Waals surface area contributed by atoms with E-state index in [0.29, 0.717) is 35.6 Å². The zero-order valence-electron chi connectivity index (χ0n) is 33.0. The monoisotopic (exact) mass is 704 g/mol. The zero-order chi connectivity index (χ0) is 35.5. The Morgan fingerprint density at radius 3 is 2.23 bits per heavy atom. The van der Waals surface area contributed by atoms with Crippen LogP contribution in [0.1, 0.15) is 159 Å². The largest absolute Gasteiger partial charge is 0.343 e. The molecule has 1 amide bonds. The Balaban J connectivity index is 1.28. The second kappa shape index (κ2) is 16.7. The summed E-state index contributed by atoms with van der Waals surface area (Å²) in [6.07, 6.45) is 20.3. The van der Waals surface area contributed by atoms with Gasteiger partial charge in [0, 0.05) is 41.6 Å². The number of nitrogens with zero attached hydrogens (tertiary/aromatic N) is 1. The van der Waals surface area contributed by atoms with E-state index in [1.807, 2.05) is 43.4 Å². The van der Waals surface area contributed by atoms with Crippen molar-refractivity contribution in [2.45, 2.75) is 175 Å². The number of hydrogen-bond donors (Lipinski definition) is 2. The average Bonchev–Trinajstić information content (AvgIpc) is 3.35. The molecule has 4 aliphatic carbocycles. The summed E-state index contributed by atoms with van der Waals surface area (Å²) >= 11 is 0. The second-order valence-corrected chi connectivity index (χ2v) is 22.1. The van der Waals surface area contributed by atoms with Crippen LogP contribution < -0.4 is 11.5 Å². The Morgan fingerprint density at radius 2 is 1.62 bits per heavy atom. The van der Waals surface area contributed by atoms with E-state index in [1.165, 1.54) is 70.6 Å². The van der Waals surface area contributed by atoms with Crippen molar-refractivity contribution in [3.8, 4) is 0 Å². The Bertz CT molecular complexity index is 1060. The van der Waals surface area contributed by atoms with E-state index in [2.05, 4.69) is 58.4 Å². The molecule has 3 fully saturated rings. The third kappa shape index (κ3) is 10.0. The van der Waals surface area contributed by atoms with Gasteiger partial charge in [-0.15, -0.1) is 0 Å². The van der Waals surface area contributed by atoms with Crippen molar-refractivity contribution >= 4 is 27.5 Å². The molecule has 6 heteroatoms. The molecule has 4 N–H and O–H groups in total. The van der Waals surface area contributed by atoms with Crippen LogP contribution in [0.3, 0.4) is 0 Å². The lowest BCUT2D eigenvalue weighted by atomic mass is 9.47. The van der Waals surface area contributed by atoms with Crippen LogP contribution >= 0.6 is 21.6 Å². The van der Waals surface area contributed by atoms with Crippen LogP contribution in [0, 0.1) is 52.3 Å². The van der Waals surface area contributed by atoms with Crippen molar-refractivity contribution in [2.75, 3.05) is 18.8 Å². The molecule has 4 aliphatic rings. The molecule has 0 bridgehead atoms. The van der Waals surface area contributed by atoms with Crippen LogP contribution in [0.5, 0.6) is 0 Å². The molecule has 3 saturated carbocycles. The van der Waals surface area contributed by atoms with Gasteiger partial charge in [0.15, 0.2) is 0 Å². The molecule has 0 radical (unpaired) electrons. The highest BCUT2D eigenvalue weighted by Gasteiger charge is 2.59. The molecule has 0 aliphatic heterocycles. The quantitative estimate of drug-likeness (QED) is 0.0896. The maximum Gasteiger partial charge on any atom is 0.223 e. The minimum atomic E-state index is -0.272. The van der Waals surface area contributed by atoms with E-state index >= 15 is 0 Å². The smallest absolute Gasteiger partial charge is 0.223 e. The Labute approximate surface area is 305 Å². The fraction of sp³-hybridized carbons (Fsp3) is 0.929. The predicted molar refractivity (Wildman–Crippen MR) is 213 cm³/mol. The van der Waals surface area contributed by atoms with Crippen molar-refractivity contribution in [3.05, 3.63) is 11.6 Å². The maximum atomic E-state index is 13.3. The van der Waals surface area contributed by atoms with E-state index < -0.39 is 0 Å². The summed E-state index contributed by atoms with van der Waals surface area (Å²) in [5, 5.41) is 0.677. The highest BCUT2D eigenvalue weighted by molar-refractivity contribution is 8.76. The van der Waals surface area contributed by atoms with Crippen molar-refractivity contribution in [2.24, 2.45) is 63.7 Å². The van der Waals surface area contributed by atoms with Gasteiger partial charge in [0.25, 0.3) is 0 Å². The van der Waals surface area contributed by atoms with Gasteiger partial charge in [-0.25, -0.2) is 0 Å². The fourth-order valence-electron chi connectivity index (χ4n) is 11.0. The lowest BCUT2D eigenvalue weighted by molar-refractivity contribution is -0.131. The van der Waals surface area contributed by atoms with Crippen LogP contribution in [0.15, 0.2) is 11.6 Å². The maximum absolute atomic E-state index is 13.3. The van der Waals surface area contributed by atoms with Crippen molar-refractivity contribution in [3.63, 3.8) is 0 Å². The molecule has 48 heavy (non-hydrogen) atoms. The summed E-state index contributed by atoms with van der Waals surface area (Å²) in [7, 11) is 3.99. The number of amides is 1. The van der Waals surface area contributed by atoms with Crippen LogP contribution in [0.4, 0.5) is 0 Å². The topological polar surface area (TPSA) is 72.3 Å². The molecule has 4 nitrogen and oxygen atoms in total. The normalized spacial score (nSPS) is 33.4. The first-order chi connectivity index (χ1) is 22.4. The number of rotatable bonds is 17. The van der Waals surface area contributed by atoms with Crippen molar-refractivity contribution in [1.29, 1.82) is 0 Å². The summed E-state index contributed by atoms with van der Waals surface area (Å²) in [6, 6.07) is 0. The Hall–Kier alpha value is -0.170. The van der Waals surface area contributed by atoms with Crippen molar-refractivity contribution in [1.82, 2.24) is 4.90 Å². The predicted octanol–water partition coefficient (Wildman–Crippen LogP) is 10.9. The fourth-order valence-corrected chi connectivity index (χ4v) is 13.6. The highest BCUT2D eigenvalue weighted by Crippen LogP contribution is 2.67. The van der Waals surface area contributed by atoms with Gasteiger partial charge >= 0.3 is 0 Å². The van der Waals surface area contributed by atoms with Crippen LogP contribution in [-0.4, -0.2) is 46.0 Å². The number of fused-ring (bicyclic) bond motifs is 5. The highest BCUT2D eigenvalue weighted by atomic mass is 33.1. The van der Waals surface area contributed by atoms with Crippen LogP contribution in [0.25, 0.3) is 0 Å². The molecule has 0 aromatic carbocycles. The van der Waals surface area contributed by atoms with Gasteiger partial charge in [0.2, 0.25) is 5.91 Å². The van der Waals surface area contributed by atoms with Crippen molar-refractivity contribution < 1.29 is 4.79 Å². The summed E-state index contributed by atoms with van der Waals surface area (Å²) in [6.45, 7) is 24.9. The zero-order valence-corrected chi connectivity index (χ0v) is 34.7. The first-order valence-corrected chi connectivity index (χ1v) is 22.6. The number of carbonyl (C=O) groups is 1. The van der Waals surface area contributed by atoms with Gasteiger partial charge in [-0.2, -0.15) is 0 Å². The van der Waals surface area contributed by atoms with E-state index in [0.717, 1.165) is 60.0 Å². The molecule has 9 atom stereocenters. The van der Waals surface area contributed by atoms with Gasteiger partial charge in [0.05, 0.1) is 0 Å². The van der Waals surface area contributed by atoms with Gasteiger partial charge < -0.3 is 16.4 Å². The molecule has 0 aromatic rings. The SMILES string of the molecule is CCC(CC[C@@H](C)[C@H]1CC[C@H]2[C@@H]3CC=C4C[C@@H](SSCCC(=O)N(CCC(C)(C)N)CCC(C)(C)N)CC[C@]4(C)[C@H]3CC[C@]12C)C(C)C. The second-order valence-electron chi connectivity index (χ2n) is 19.3. The summed E-state index contributed by atoms with van der Waals surface area (Å²) in [5.41, 5.74) is 14.7. The van der Waals surface area contributed by atoms with E-state index in [4.69, 9.17) is 11.5 Å². The molecule has 278 valence electrons. The molecular formula is C42H77N3OS2. The third-order valence-electron chi connectivity index (χ3n) is 14.3. The van der Waals surface area contributed by atoms with Gasteiger partial charge in [-0.1, -0.05) is 87.6 Å². The minimum Gasteiger partial charge on any atom is -0.343 e. The standard InChI is InChI=1S/C42H77N3OS2/c1-11-31(29(2)3)13-12-30(4)35-16-17-36-34-15-14-32-28-33(18-21-41(32,9)37(34)19-22-42(35,36)10)48-47-27-20-38(46)45(25-23-39(5,6)43)26-24-40(7,8)44/h14,29-31,33-37H,11-13,15-28,43-44H2,1-10H3/t30-,31?,33+,34+,35-,36+,37+,41+,42-/m1/s1. The molecular weight excluding hydrogens is 627 g/mol. The third-order valence-corrected chi connectivity index (χ3v) is 17.2. The first kappa shape index (κ1) is 40.6. The molecule has 0 saturated heterocycles. The minimum absolute atomic E-state index is 0.252. The van der Waals surface area contributed by atoms with Crippen LogP contribution in [0.2, 0.25) is 0 Å². The summed E-state index contributed by atoms with van der Waals surface area (Å²) < 4.78 is 0. The van der Waals surface area contributed by atoms with E-state index in [9.17, 15) is 4.79 Å². The summed E-state index contributed by atoms with van der Waals surface area (Å²) in [5.74, 6) is 7.35. The van der Waals surface area contributed by atoms with Gasteiger partial charge in [0.1, 0.15) is 0 Å². The molecule has 4 rings (SSSR count). The molecule has 1 unspecified atom stereocenters. The lowest BCUT2D eigenvalue weighted by Crippen LogP contribution is -2.50. The number of hydrogen-bond acceptors (Lipinski definition) is 5. The number of nitrogens with two attached hydrogens (primary N) is 2. The molecule has 0 spiro atoms. The molecule has 0 aromatic heterocycles. The Morgan fingerprint density at radius 1 is 0.958 bits per heavy atom. The van der Waals surface area contributed by atoms with E-state index in [1.54, 1.807) is 5.57 Å². The van der Waals surface area contributed by atoms with Gasteiger partial charge in [-0.3, -0.25) is 4.79 Å². The van der Waals surface area contributed by atoms with E-state index in [-0.39, 0.29) is 17.0 Å². The van der Waals surface area contributed by atoms with Crippen LogP contribution in [-0.2, 0) is 4.79 Å². The average molecular weight is 704 g/mol. The summed E-state index contributed by atoms with van der Waals surface area (Å²) in [4.78, 5) is 15.3. The number of allylic oxidation sites excluding steroid dienone is 2. The first-order valence-electron chi connectivity index (χ1n) is 20.2. The number of carbonyl (C=O) groups excluding carboxylic acids is 1.